The zero-order valence-electron chi connectivity index (χ0n) is 7.45. The summed E-state index contributed by atoms with van der Waals surface area (Å²) in [7, 11) is 0. The van der Waals surface area contributed by atoms with Crippen LogP contribution in [0.15, 0.2) is 0 Å². The van der Waals surface area contributed by atoms with E-state index in [0.717, 1.165) is 12.5 Å². The van der Waals surface area contributed by atoms with E-state index in [-0.39, 0.29) is 5.12 Å². The van der Waals surface area contributed by atoms with E-state index in [1.807, 2.05) is 0 Å². The molecule has 0 amide bonds. The molecular formula is C9H15NOS. The first kappa shape index (κ1) is 8.57. The molecule has 0 aromatic carbocycles. The van der Waals surface area contributed by atoms with Gasteiger partial charge in [0, 0.05) is 18.7 Å². The average molecular weight is 185 g/mol. The second-order valence-corrected chi connectivity index (χ2v) is 5.20. The zero-order chi connectivity index (χ0) is 8.55. The molecule has 1 unspecified atom stereocenters. The van der Waals surface area contributed by atoms with Crippen molar-refractivity contribution in [1.82, 2.24) is 4.90 Å². The monoisotopic (exact) mass is 185 g/mol. The third kappa shape index (κ3) is 1.67. The first-order chi connectivity index (χ1) is 5.75. The van der Waals surface area contributed by atoms with Gasteiger partial charge < -0.3 is 4.90 Å². The van der Waals surface area contributed by atoms with Crippen molar-refractivity contribution in [2.45, 2.75) is 25.0 Å². The molecular weight excluding hydrogens is 170 g/mol. The van der Waals surface area contributed by atoms with E-state index in [1.54, 1.807) is 18.7 Å². The van der Waals surface area contributed by atoms with E-state index < -0.39 is 0 Å². The topological polar surface area (TPSA) is 20.3 Å². The molecule has 0 saturated carbocycles. The summed E-state index contributed by atoms with van der Waals surface area (Å²) in [5.41, 5.74) is 0. The van der Waals surface area contributed by atoms with E-state index in [1.165, 1.54) is 25.9 Å². The van der Waals surface area contributed by atoms with Gasteiger partial charge in [0.05, 0.1) is 0 Å². The Bertz CT molecular complexity index is 187. The van der Waals surface area contributed by atoms with Gasteiger partial charge in [-0.15, -0.1) is 0 Å². The van der Waals surface area contributed by atoms with Crippen molar-refractivity contribution in [2.24, 2.45) is 5.92 Å². The highest BCUT2D eigenvalue weighted by atomic mass is 32.2. The fraction of sp³-hybridized carbons (Fsp3) is 0.889. The number of nitrogens with zero attached hydrogens (tertiary/aromatic N) is 1. The van der Waals surface area contributed by atoms with Gasteiger partial charge in [0.2, 0.25) is 0 Å². The molecule has 3 aliphatic rings. The summed E-state index contributed by atoms with van der Waals surface area (Å²) >= 11 is 1.56. The van der Waals surface area contributed by atoms with E-state index in [4.69, 9.17) is 0 Å². The fourth-order valence-corrected chi connectivity index (χ4v) is 3.43. The highest BCUT2D eigenvalue weighted by Crippen LogP contribution is 2.35. The van der Waals surface area contributed by atoms with E-state index >= 15 is 0 Å². The fourth-order valence-electron chi connectivity index (χ4n) is 2.26. The van der Waals surface area contributed by atoms with E-state index in [9.17, 15) is 4.79 Å². The second-order valence-electron chi connectivity index (χ2n) is 3.79. The van der Waals surface area contributed by atoms with Gasteiger partial charge >= 0.3 is 0 Å². The lowest BCUT2D eigenvalue weighted by molar-refractivity contribution is -0.109. The number of carbonyl (C=O) groups excluding carboxylic acids is 1. The van der Waals surface area contributed by atoms with Gasteiger partial charge in [-0.1, -0.05) is 11.8 Å². The van der Waals surface area contributed by atoms with Crippen molar-refractivity contribution in [2.75, 3.05) is 19.6 Å². The second kappa shape index (κ2) is 3.38. The quantitative estimate of drug-likeness (QED) is 0.615. The minimum absolute atomic E-state index is 0.286. The third-order valence-corrected chi connectivity index (χ3v) is 4.08. The molecule has 3 fully saturated rings. The molecule has 3 aliphatic heterocycles. The molecule has 3 saturated heterocycles. The Balaban J connectivity index is 1.95. The maximum atomic E-state index is 10.9. The van der Waals surface area contributed by atoms with Crippen LogP contribution in [0.5, 0.6) is 0 Å². The van der Waals surface area contributed by atoms with Gasteiger partial charge in [-0.25, -0.2) is 0 Å². The van der Waals surface area contributed by atoms with Crippen LogP contribution in [0.3, 0.4) is 0 Å². The summed E-state index contributed by atoms with van der Waals surface area (Å²) in [6.07, 6.45) is 2.62. The van der Waals surface area contributed by atoms with E-state index in [2.05, 4.69) is 4.90 Å². The van der Waals surface area contributed by atoms with Gasteiger partial charge in [0.15, 0.2) is 5.12 Å². The van der Waals surface area contributed by atoms with Crippen LogP contribution in [0.1, 0.15) is 19.8 Å². The van der Waals surface area contributed by atoms with Crippen molar-refractivity contribution in [3.8, 4) is 0 Å². The van der Waals surface area contributed by atoms with Gasteiger partial charge in [-0.2, -0.15) is 0 Å². The van der Waals surface area contributed by atoms with Crippen molar-refractivity contribution < 1.29 is 4.79 Å². The van der Waals surface area contributed by atoms with Crippen LogP contribution in [-0.4, -0.2) is 34.9 Å². The maximum Gasteiger partial charge on any atom is 0.186 e. The molecule has 68 valence electrons. The third-order valence-electron chi connectivity index (χ3n) is 2.91. The summed E-state index contributed by atoms with van der Waals surface area (Å²) in [4.78, 5) is 13.4. The van der Waals surface area contributed by atoms with Crippen molar-refractivity contribution >= 4 is 16.9 Å². The Hall–Kier alpha value is -0.0200. The highest BCUT2D eigenvalue weighted by molar-refractivity contribution is 8.14. The molecule has 3 rings (SSSR count). The number of hydrogen-bond donors (Lipinski definition) is 0. The molecule has 0 aromatic heterocycles. The standard InChI is InChI=1S/C9H15NOS/c1-7(11)12-9-6-10-4-2-8(9)3-5-10/h8-9H,2-6H2,1H3. The van der Waals surface area contributed by atoms with Crippen LogP contribution in [0, 0.1) is 5.92 Å². The molecule has 1 atom stereocenters. The molecule has 3 heterocycles. The number of carbonyl (C=O) groups is 1. The molecule has 0 spiro atoms. The Morgan fingerprint density at radius 2 is 2.08 bits per heavy atom. The Morgan fingerprint density at radius 1 is 1.42 bits per heavy atom. The number of thioether (sulfide) groups is 1. The number of fused-ring (bicyclic) bond motifs is 3. The van der Waals surface area contributed by atoms with Crippen LogP contribution in [0.2, 0.25) is 0 Å². The van der Waals surface area contributed by atoms with Crippen LogP contribution < -0.4 is 0 Å². The molecule has 2 nitrogen and oxygen atoms in total. The predicted molar refractivity (Wildman–Crippen MR) is 51.2 cm³/mol. The summed E-state index contributed by atoms with van der Waals surface area (Å²) in [5, 5.41) is 0.888. The molecule has 0 aromatic rings. The first-order valence-corrected chi connectivity index (χ1v) is 5.53. The molecule has 0 N–H and O–H groups in total. The predicted octanol–water partition coefficient (Wildman–Crippen LogP) is 1.36. The lowest BCUT2D eigenvalue weighted by Gasteiger charge is -2.44. The number of rotatable bonds is 1. The largest absolute Gasteiger partial charge is 0.302 e. The number of piperidine rings is 3. The summed E-state index contributed by atoms with van der Waals surface area (Å²) in [6, 6.07) is 0. The van der Waals surface area contributed by atoms with Crippen molar-refractivity contribution in [3.63, 3.8) is 0 Å². The Kier molecular flexibility index (Phi) is 2.42. The van der Waals surface area contributed by atoms with Gasteiger partial charge in [0.25, 0.3) is 0 Å². The van der Waals surface area contributed by atoms with Gasteiger partial charge in [-0.05, 0) is 31.8 Å². The molecule has 2 bridgehead atoms. The van der Waals surface area contributed by atoms with E-state index in [0.29, 0.717) is 5.25 Å². The minimum atomic E-state index is 0.286. The maximum absolute atomic E-state index is 10.9. The first-order valence-electron chi connectivity index (χ1n) is 4.65. The van der Waals surface area contributed by atoms with Crippen molar-refractivity contribution in [3.05, 3.63) is 0 Å². The minimum Gasteiger partial charge on any atom is -0.302 e. The SMILES string of the molecule is CC(=O)SC1CN2CCC1CC2. The van der Waals surface area contributed by atoms with Crippen LogP contribution in [-0.2, 0) is 4.79 Å². The summed E-state index contributed by atoms with van der Waals surface area (Å²) in [5.74, 6) is 0.823. The number of hydrogen-bond acceptors (Lipinski definition) is 3. The molecule has 12 heavy (non-hydrogen) atoms. The molecule has 0 radical (unpaired) electrons. The lowest BCUT2D eigenvalue weighted by atomic mass is 9.88. The van der Waals surface area contributed by atoms with Crippen molar-refractivity contribution in [1.29, 1.82) is 0 Å². The summed E-state index contributed by atoms with van der Waals surface area (Å²) < 4.78 is 0. The zero-order valence-corrected chi connectivity index (χ0v) is 8.27. The van der Waals surface area contributed by atoms with Gasteiger partial charge in [-0.3, -0.25) is 4.79 Å². The lowest BCUT2D eigenvalue weighted by Crippen LogP contribution is -2.49. The Morgan fingerprint density at radius 3 is 2.50 bits per heavy atom. The Labute approximate surface area is 77.7 Å². The normalized spacial score (nSPS) is 39.9. The highest BCUT2D eigenvalue weighted by Gasteiger charge is 2.34. The average Bonchev–Trinajstić information content (AvgIpc) is 2.05. The molecule has 0 aliphatic carbocycles. The molecule has 3 heteroatoms. The summed E-state index contributed by atoms with van der Waals surface area (Å²) in [6.45, 7) is 5.36. The smallest absolute Gasteiger partial charge is 0.186 e. The van der Waals surface area contributed by atoms with Gasteiger partial charge in [0.1, 0.15) is 0 Å². The van der Waals surface area contributed by atoms with Crippen LogP contribution in [0.4, 0.5) is 0 Å². The van der Waals surface area contributed by atoms with Crippen LogP contribution in [0.25, 0.3) is 0 Å². The van der Waals surface area contributed by atoms with Crippen LogP contribution >= 0.6 is 11.8 Å².